The molecule has 0 aliphatic rings. The van der Waals surface area contributed by atoms with Gasteiger partial charge in [0, 0.05) is 17.3 Å². The van der Waals surface area contributed by atoms with Crippen LogP contribution in [0.2, 0.25) is 5.02 Å². The number of benzene rings is 1. The number of aliphatic hydroxyl groups excluding tert-OH is 1. The number of hydrogen-bond acceptors (Lipinski definition) is 8. The van der Waals surface area contributed by atoms with Crippen molar-refractivity contribution >= 4 is 39.1 Å². The predicted octanol–water partition coefficient (Wildman–Crippen LogP) is 1.37. The van der Waals surface area contributed by atoms with Crippen molar-refractivity contribution in [2.75, 3.05) is 0 Å². The van der Waals surface area contributed by atoms with E-state index in [9.17, 15) is 28.2 Å². The Bertz CT molecular complexity index is 1180. The van der Waals surface area contributed by atoms with Crippen molar-refractivity contribution in [2.45, 2.75) is 4.90 Å². The molecule has 0 amide bonds. The number of nitrogens with one attached hydrogen (secondary N) is 1. The number of tetrazole rings is 1. The number of aliphatic hydroxyl groups is 1. The highest BCUT2D eigenvalue weighted by molar-refractivity contribution is 7.90. The van der Waals surface area contributed by atoms with E-state index >= 15 is 0 Å². The summed E-state index contributed by atoms with van der Waals surface area (Å²) in [6.07, 6.45) is 1.44. The van der Waals surface area contributed by atoms with Gasteiger partial charge < -0.3 is 10.2 Å². The summed E-state index contributed by atoms with van der Waals surface area (Å²) in [4.78, 5) is 23.6. The molecule has 11 nitrogen and oxygen atoms in total. The number of halogens is 1. The Hall–Kier alpha value is -3.51. The van der Waals surface area contributed by atoms with E-state index in [1.54, 1.807) is 0 Å². The van der Waals surface area contributed by atoms with E-state index in [1.165, 1.54) is 24.3 Å². The van der Waals surface area contributed by atoms with E-state index in [0.29, 0.717) is 15.1 Å². The first-order valence-electron chi connectivity index (χ1n) is 7.36. The second kappa shape index (κ2) is 7.25. The lowest BCUT2D eigenvalue weighted by atomic mass is 10.2. The highest BCUT2D eigenvalue weighted by atomic mass is 35.5. The summed E-state index contributed by atoms with van der Waals surface area (Å²) in [6.45, 7) is 0. The lowest BCUT2D eigenvalue weighted by Gasteiger charge is -2.09. The quantitative estimate of drug-likeness (QED) is 0.301. The van der Waals surface area contributed by atoms with Crippen molar-refractivity contribution in [3.05, 3.63) is 64.7 Å². The van der Waals surface area contributed by atoms with Gasteiger partial charge in [0.2, 0.25) is 11.6 Å². The van der Waals surface area contributed by atoms with Crippen molar-refractivity contribution in [3.63, 3.8) is 0 Å². The van der Waals surface area contributed by atoms with Crippen LogP contribution in [0.4, 0.5) is 0 Å². The van der Waals surface area contributed by atoms with Crippen molar-refractivity contribution in [2.24, 2.45) is 0 Å². The van der Waals surface area contributed by atoms with E-state index < -0.39 is 38.8 Å². The Labute approximate surface area is 161 Å². The second-order valence-corrected chi connectivity index (χ2v) is 7.55. The predicted molar refractivity (Wildman–Crippen MR) is 94.5 cm³/mol. The highest BCUT2D eigenvalue weighted by Crippen LogP contribution is 2.22. The summed E-state index contributed by atoms with van der Waals surface area (Å²) >= 11 is 5.75. The molecule has 2 heterocycles. The zero-order valence-electron chi connectivity index (χ0n) is 13.6. The standard InChI is InChI=1S/C15H10ClN5O6S/c16-9-1-3-10(4-2-9)28(26,27)21-7-8(15(24)25)5-11(21)12(22)6-13(23)14-17-19-20-18-14/h1-7,23H,(H,24,25)(H,17,18,19,20). The van der Waals surface area contributed by atoms with Gasteiger partial charge in [-0.15, -0.1) is 10.2 Å². The van der Waals surface area contributed by atoms with Gasteiger partial charge in [-0.25, -0.2) is 17.2 Å². The molecular formula is C15H10ClN5O6S. The maximum Gasteiger partial charge on any atom is 0.337 e. The third-order valence-corrected chi connectivity index (χ3v) is 5.44. The van der Waals surface area contributed by atoms with Gasteiger partial charge in [0.05, 0.1) is 10.5 Å². The van der Waals surface area contributed by atoms with Gasteiger partial charge in [0.25, 0.3) is 10.0 Å². The van der Waals surface area contributed by atoms with E-state index in [1.807, 2.05) is 0 Å². The number of carboxylic acids is 1. The minimum Gasteiger partial charge on any atom is -0.504 e. The summed E-state index contributed by atoms with van der Waals surface area (Å²) in [6, 6.07) is 5.95. The van der Waals surface area contributed by atoms with Crippen molar-refractivity contribution < 1.29 is 28.2 Å². The number of nitrogens with zero attached hydrogens (tertiary/aromatic N) is 4. The molecule has 0 saturated carbocycles. The molecule has 13 heteroatoms. The fraction of sp³-hybridized carbons (Fsp3) is 0. The number of rotatable bonds is 6. The number of H-pyrrole nitrogens is 1. The van der Waals surface area contributed by atoms with Crippen LogP contribution in [-0.2, 0) is 10.0 Å². The number of carbonyl (C=O) groups is 2. The topological polar surface area (TPSA) is 168 Å². The molecule has 3 N–H and O–H groups in total. The first kappa shape index (κ1) is 19.3. The maximum atomic E-state index is 12.9. The van der Waals surface area contributed by atoms with E-state index in [2.05, 4.69) is 20.6 Å². The SMILES string of the molecule is O=C(O)c1cc(C(=O)C=C(O)c2nn[nH]n2)n(S(=O)(=O)c2ccc(Cl)cc2)c1. The zero-order valence-corrected chi connectivity index (χ0v) is 15.2. The molecule has 0 spiro atoms. The number of aromatic nitrogens is 5. The fourth-order valence-corrected chi connectivity index (χ4v) is 3.68. The van der Waals surface area contributed by atoms with Crippen LogP contribution in [0.15, 0.2) is 47.5 Å². The first-order chi connectivity index (χ1) is 13.2. The van der Waals surface area contributed by atoms with Crippen LogP contribution in [0.5, 0.6) is 0 Å². The summed E-state index contributed by atoms with van der Waals surface area (Å²) in [5.41, 5.74) is -0.948. The molecule has 0 aliphatic heterocycles. The molecule has 144 valence electrons. The molecule has 28 heavy (non-hydrogen) atoms. The fourth-order valence-electron chi connectivity index (χ4n) is 2.19. The number of aromatic carboxylic acids is 1. The average molecular weight is 424 g/mol. The molecule has 0 bridgehead atoms. The molecular weight excluding hydrogens is 414 g/mol. The summed E-state index contributed by atoms with van der Waals surface area (Å²) in [5, 5.41) is 31.6. The van der Waals surface area contributed by atoms with Crippen molar-refractivity contribution in [1.82, 2.24) is 24.6 Å². The number of ketones is 1. The third-order valence-electron chi connectivity index (χ3n) is 3.50. The van der Waals surface area contributed by atoms with Crippen LogP contribution in [0, 0.1) is 0 Å². The minimum atomic E-state index is -4.32. The van der Waals surface area contributed by atoms with Gasteiger partial charge in [-0.05, 0) is 35.5 Å². The number of allylic oxidation sites excluding steroid dienone is 1. The van der Waals surface area contributed by atoms with Crippen LogP contribution in [0.1, 0.15) is 26.7 Å². The van der Waals surface area contributed by atoms with E-state index in [-0.39, 0.29) is 10.7 Å². The maximum absolute atomic E-state index is 12.9. The van der Waals surface area contributed by atoms with Gasteiger partial charge in [0.15, 0.2) is 5.76 Å². The molecule has 0 fully saturated rings. The summed E-state index contributed by atoms with van der Waals surface area (Å²) in [7, 11) is -4.32. The van der Waals surface area contributed by atoms with E-state index in [0.717, 1.165) is 12.3 Å². The zero-order chi connectivity index (χ0) is 20.5. The molecule has 1 aromatic carbocycles. The first-order valence-corrected chi connectivity index (χ1v) is 9.17. The molecule has 0 aliphatic carbocycles. The van der Waals surface area contributed by atoms with Crippen LogP contribution >= 0.6 is 11.6 Å². The average Bonchev–Trinajstić information content (AvgIpc) is 3.32. The number of carbonyl (C=O) groups excluding carboxylic acids is 1. The Balaban J connectivity index is 2.12. The largest absolute Gasteiger partial charge is 0.504 e. The lowest BCUT2D eigenvalue weighted by Crippen LogP contribution is -2.17. The van der Waals surface area contributed by atoms with Crippen molar-refractivity contribution in [1.29, 1.82) is 0 Å². The minimum absolute atomic E-state index is 0.218. The lowest BCUT2D eigenvalue weighted by molar-refractivity contribution is 0.0697. The van der Waals surface area contributed by atoms with Crippen LogP contribution in [0.25, 0.3) is 5.76 Å². The second-order valence-electron chi connectivity index (χ2n) is 5.30. The normalized spacial score (nSPS) is 12.1. The molecule has 3 aromatic rings. The molecule has 2 aromatic heterocycles. The Morgan fingerprint density at radius 3 is 2.43 bits per heavy atom. The third kappa shape index (κ3) is 3.63. The monoisotopic (exact) mass is 423 g/mol. The highest BCUT2D eigenvalue weighted by Gasteiger charge is 2.26. The summed E-state index contributed by atoms with van der Waals surface area (Å²) < 4.78 is 26.3. The van der Waals surface area contributed by atoms with Gasteiger partial charge in [-0.1, -0.05) is 11.6 Å². The number of aromatic amines is 1. The number of carboxylic acid groups (broad SMARTS) is 1. The molecule has 0 saturated heterocycles. The Kier molecular flexibility index (Phi) is 4.98. The van der Waals surface area contributed by atoms with E-state index in [4.69, 9.17) is 11.6 Å². The molecule has 3 rings (SSSR count). The van der Waals surface area contributed by atoms with Gasteiger partial charge in [0.1, 0.15) is 5.69 Å². The van der Waals surface area contributed by atoms with Gasteiger partial charge >= 0.3 is 5.97 Å². The Morgan fingerprint density at radius 2 is 1.86 bits per heavy atom. The Morgan fingerprint density at radius 1 is 1.18 bits per heavy atom. The summed E-state index contributed by atoms with van der Waals surface area (Å²) in [5.74, 6) is -3.42. The molecule has 0 unspecified atom stereocenters. The van der Waals surface area contributed by atoms with Gasteiger partial charge in [-0.2, -0.15) is 5.21 Å². The smallest absolute Gasteiger partial charge is 0.337 e. The molecule has 0 atom stereocenters. The van der Waals surface area contributed by atoms with Gasteiger partial charge in [-0.3, -0.25) is 4.79 Å². The van der Waals surface area contributed by atoms with Crippen LogP contribution in [0.3, 0.4) is 0 Å². The van der Waals surface area contributed by atoms with Crippen LogP contribution < -0.4 is 0 Å². The molecule has 0 radical (unpaired) electrons. The van der Waals surface area contributed by atoms with Crippen LogP contribution in [-0.4, -0.2) is 55.0 Å². The number of hydrogen-bond donors (Lipinski definition) is 3. The van der Waals surface area contributed by atoms with Crippen molar-refractivity contribution in [3.8, 4) is 0 Å².